The molecule has 1 unspecified atom stereocenters. The lowest BCUT2D eigenvalue weighted by Crippen LogP contribution is -2.14. The largest absolute Gasteiger partial charge is 0.289 e. The Morgan fingerprint density at radius 2 is 2.28 bits per heavy atom. The summed E-state index contributed by atoms with van der Waals surface area (Å²) >= 11 is 0. The molecule has 0 amide bonds. The summed E-state index contributed by atoms with van der Waals surface area (Å²) in [4.78, 5) is 4.70. The molecule has 0 aliphatic carbocycles. The Kier molecular flexibility index (Phi) is 2.90. The molecule has 3 nitrogen and oxygen atoms in total. The number of nitrogens with zero attached hydrogens (tertiary/aromatic N) is 3. The van der Waals surface area contributed by atoms with Gasteiger partial charge in [-0.2, -0.15) is 5.10 Å². The predicted octanol–water partition coefficient (Wildman–Crippen LogP) is 3.28. The molecule has 1 atom stereocenters. The molecule has 0 fully saturated rings. The van der Waals surface area contributed by atoms with Crippen LogP contribution in [0.5, 0.6) is 0 Å². The first kappa shape index (κ1) is 11.5. The number of fused-ring (bicyclic) bond motifs is 1. The Morgan fingerprint density at radius 3 is 3.00 bits per heavy atom. The van der Waals surface area contributed by atoms with Gasteiger partial charge < -0.3 is 0 Å². The first-order valence-electron chi connectivity index (χ1n) is 6.77. The van der Waals surface area contributed by atoms with Gasteiger partial charge in [0.2, 0.25) is 0 Å². The van der Waals surface area contributed by atoms with E-state index in [1.807, 2.05) is 4.68 Å². The van der Waals surface area contributed by atoms with Crippen LogP contribution in [0.3, 0.4) is 0 Å². The van der Waals surface area contributed by atoms with Crippen LogP contribution in [-0.2, 0) is 6.54 Å². The topological polar surface area (TPSA) is 30.2 Å². The van der Waals surface area contributed by atoms with Crippen molar-refractivity contribution in [3.05, 3.63) is 30.0 Å². The van der Waals surface area contributed by atoms with Crippen molar-refractivity contribution >= 4 is 16.6 Å². The molecule has 94 valence electrons. The molecular formula is C15H19N3. The molecule has 0 N–H and O–H groups in total. The first-order chi connectivity index (χ1) is 8.76. The molecule has 0 saturated carbocycles. The quantitative estimate of drug-likeness (QED) is 0.793. The summed E-state index contributed by atoms with van der Waals surface area (Å²) < 4.78 is 1.99. The van der Waals surface area contributed by atoms with Crippen molar-refractivity contribution in [3.8, 4) is 0 Å². The van der Waals surface area contributed by atoms with Crippen LogP contribution >= 0.6 is 0 Å². The minimum absolute atomic E-state index is 0.736. The monoisotopic (exact) mass is 241 g/mol. The molecule has 0 saturated heterocycles. The number of rotatable bonds is 2. The van der Waals surface area contributed by atoms with Gasteiger partial charge in [0.1, 0.15) is 0 Å². The van der Waals surface area contributed by atoms with Crippen molar-refractivity contribution in [2.24, 2.45) is 10.9 Å². The van der Waals surface area contributed by atoms with Crippen molar-refractivity contribution in [1.82, 2.24) is 9.78 Å². The third-order valence-corrected chi connectivity index (χ3v) is 3.68. The summed E-state index contributed by atoms with van der Waals surface area (Å²) in [5.74, 6) is 0.736. The van der Waals surface area contributed by atoms with Gasteiger partial charge in [0, 0.05) is 30.4 Å². The highest BCUT2D eigenvalue weighted by molar-refractivity contribution is 6.03. The average molecular weight is 241 g/mol. The van der Waals surface area contributed by atoms with E-state index in [2.05, 4.69) is 43.3 Å². The van der Waals surface area contributed by atoms with E-state index in [-0.39, 0.29) is 0 Å². The van der Waals surface area contributed by atoms with Crippen LogP contribution in [0.25, 0.3) is 10.9 Å². The second kappa shape index (κ2) is 4.56. The van der Waals surface area contributed by atoms with Gasteiger partial charge in [0.25, 0.3) is 0 Å². The summed E-state index contributed by atoms with van der Waals surface area (Å²) in [5.41, 5.74) is 3.61. The fraction of sp³-hybridized carbons (Fsp3) is 0.467. The third-order valence-electron chi connectivity index (χ3n) is 3.68. The number of aryl methyl sites for hydroxylation is 1. The van der Waals surface area contributed by atoms with Gasteiger partial charge in [-0.05, 0) is 43.4 Å². The van der Waals surface area contributed by atoms with E-state index in [0.29, 0.717) is 0 Å². The Morgan fingerprint density at radius 1 is 1.39 bits per heavy atom. The molecule has 1 aliphatic heterocycles. The van der Waals surface area contributed by atoms with Crippen molar-refractivity contribution in [2.75, 3.05) is 6.54 Å². The number of hydrogen-bond donors (Lipinski definition) is 0. The zero-order chi connectivity index (χ0) is 12.5. The minimum atomic E-state index is 0.736. The van der Waals surface area contributed by atoms with Crippen molar-refractivity contribution < 1.29 is 0 Å². The highest BCUT2D eigenvalue weighted by Crippen LogP contribution is 2.21. The summed E-state index contributed by atoms with van der Waals surface area (Å²) in [5, 5.41) is 5.72. The Hall–Kier alpha value is -1.64. The van der Waals surface area contributed by atoms with Crippen molar-refractivity contribution in [1.29, 1.82) is 0 Å². The molecule has 18 heavy (non-hydrogen) atoms. The number of hydrogen-bond acceptors (Lipinski definition) is 2. The van der Waals surface area contributed by atoms with E-state index in [0.717, 1.165) is 30.9 Å². The second-order valence-electron chi connectivity index (χ2n) is 5.19. The standard InChI is InChI=1S/C15H19N3/c1-3-18-10-13-8-12(5-7-15(13)17-18)14-6-4-11(2)9-16-14/h5,7-8,10-11H,3-4,6,9H2,1-2H3. The third kappa shape index (κ3) is 2.05. The lowest BCUT2D eigenvalue weighted by molar-refractivity contribution is 0.538. The van der Waals surface area contributed by atoms with Gasteiger partial charge in [-0.25, -0.2) is 0 Å². The second-order valence-corrected chi connectivity index (χ2v) is 5.19. The molecule has 0 radical (unpaired) electrons. The van der Waals surface area contributed by atoms with Gasteiger partial charge in [-0.3, -0.25) is 9.67 Å². The summed E-state index contributed by atoms with van der Waals surface area (Å²) in [6.45, 7) is 6.28. The van der Waals surface area contributed by atoms with E-state index >= 15 is 0 Å². The van der Waals surface area contributed by atoms with E-state index < -0.39 is 0 Å². The van der Waals surface area contributed by atoms with Crippen LogP contribution in [0.15, 0.2) is 29.4 Å². The highest BCUT2D eigenvalue weighted by Gasteiger charge is 2.13. The lowest BCUT2D eigenvalue weighted by Gasteiger charge is -2.17. The molecule has 2 aromatic rings. The molecule has 0 spiro atoms. The SMILES string of the molecule is CCn1cc2cc(C3=NCC(C)CC3)ccc2n1. The molecule has 1 aromatic carbocycles. The number of benzene rings is 1. The normalized spacial score (nSPS) is 20.1. The molecule has 1 aliphatic rings. The van der Waals surface area contributed by atoms with E-state index in [4.69, 9.17) is 4.99 Å². The fourth-order valence-electron chi connectivity index (χ4n) is 2.47. The van der Waals surface area contributed by atoms with Gasteiger partial charge >= 0.3 is 0 Å². The van der Waals surface area contributed by atoms with Crippen LogP contribution in [0.1, 0.15) is 32.3 Å². The zero-order valence-electron chi connectivity index (χ0n) is 11.1. The van der Waals surface area contributed by atoms with Crippen LogP contribution in [0.4, 0.5) is 0 Å². The predicted molar refractivity (Wildman–Crippen MR) is 75.2 cm³/mol. The van der Waals surface area contributed by atoms with Crippen molar-refractivity contribution in [3.63, 3.8) is 0 Å². The Balaban J connectivity index is 1.97. The van der Waals surface area contributed by atoms with Gasteiger partial charge in [-0.1, -0.05) is 13.0 Å². The molecule has 3 heteroatoms. The molecule has 1 aromatic heterocycles. The molecule has 3 rings (SSSR count). The summed E-state index contributed by atoms with van der Waals surface area (Å²) in [6.07, 6.45) is 4.48. The zero-order valence-corrected chi connectivity index (χ0v) is 11.1. The summed E-state index contributed by atoms with van der Waals surface area (Å²) in [6, 6.07) is 6.49. The Bertz CT molecular complexity index is 595. The fourth-order valence-corrected chi connectivity index (χ4v) is 2.47. The summed E-state index contributed by atoms with van der Waals surface area (Å²) in [7, 11) is 0. The highest BCUT2D eigenvalue weighted by atomic mass is 15.3. The van der Waals surface area contributed by atoms with Gasteiger partial charge in [0.05, 0.1) is 5.52 Å². The van der Waals surface area contributed by atoms with Crippen LogP contribution in [0, 0.1) is 5.92 Å². The van der Waals surface area contributed by atoms with Gasteiger partial charge in [-0.15, -0.1) is 0 Å². The molecule has 0 bridgehead atoms. The van der Waals surface area contributed by atoms with Gasteiger partial charge in [0.15, 0.2) is 0 Å². The van der Waals surface area contributed by atoms with Crippen LogP contribution in [0.2, 0.25) is 0 Å². The number of aliphatic imine (C=N–C) groups is 1. The smallest absolute Gasteiger partial charge is 0.0923 e. The maximum atomic E-state index is 4.70. The molecule has 2 heterocycles. The Labute approximate surface area is 108 Å². The number of aromatic nitrogens is 2. The first-order valence-corrected chi connectivity index (χ1v) is 6.77. The maximum Gasteiger partial charge on any atom is 0.0923 e. The van der Waals surface area contributed by atoms with Crippen LogP contribution in [-0.4, -0.2) is 22.0 Å². The average Bonchev–Trinajstić information content (AvgIpc) is 2.81. The lowest BCUT2D eigenvalue weighted by atomic mass is 9.95. The van der Waals surface area contributed by atoms with E-state index in [1.165, 1.54) is 23.1 Å². The maximum absolute atomic E-state index is 4.70. The van der Waals surface area contributed by atoms with E-state index in [1.54, 1.807) is 0 Å². The van der Waals surface area contributed by atoms with E-state index in [9.17, 15) is 0 Å². The van der Waals surface area contributed by atoms with Crippen molar-refractivity contribution in [2.45, 2.75) is 33.2 Å². The minimum Gasteiger partial charge on any atom is -0.289 e. The van der Waals surface area contributed by atoms with Crippen LogP contribution < -0.4 is 0 Å². The molecular weight excluding hydrogens is 222 g/mol.